The van der Waals surface area contributed by atoms with Crippen LogP contribution < -0.4 is 5.56 Å². The first kappa shape index (κ1) is 17.4. The number of methoxy groups -OCH3 is 1. The molecule has 1 aromatic heterocycles. The highest BCUT2D eigenvalue weighted by Crippen LogP contribution is 2.33. The van der Waals surface area contributed by atoms with Crippen molar-refractivity contribution in [2.45, 2.75) is 19.9 Å². The lowest BCUT2D eigenvalue weighted by Crippen LogP contribution is -2.58. The molecule has 3 rings (SSSR count). The predicted octanol–water partition coefficient (Wildman–Crippen LogP) is 1.80. The number of carbonyl (C=O) groups excluding carboxylic acids is 1. The van der Waals surface area contributed by atoms with E-state index in [1.54, 1.807) is 12.0 Å². The molecule has 1 aliphatic heterocycles. The van der Waals surface area contributed by atoms with Gasteiger partial charge in [0.2, 0.25) is 5.91 Å². The summed E-state index contributed by atoms with van der Waals surface area (Å²) >= 11 is 0. The highest BCUT2D eigenvalue weighted by Gasteiger charge is 2.40. The smallest absolute Gasteiger partial charge is 0.254 e. The molecular weight excluding hydrogens is 318 g/mol. The standard InChI is InChI=1S/C19H23N3O3/c1-19(8-9-25-2)12-22(13-19)18(24)11-21-14-20-16(10-17(21)23)15-6-4-3-5-7-15/h3-7,10,14H,8-9,11-13H2,1-2H3. The van der Waals surface area contributed by atoms with Crippen LogP contribution in [-0.2, 0) is 16.1 Å². The maximum atomic E-state index is 12.4. The van der Waals surface area contributed by atoms with Crippen LogP contribution >= 0.6 is 0 Å². The van der Waals surface area contributed by atoms with Crippen LogP contribution in [0, 0.1) is 5.41 Å². The van der Waals surface area contributed by atoms with Gasteiger partial charge >= 0.3 is 0 Å². The SMILES string of the molecule is COCCC1(C)CN(C(=O)Cn2cnc(-c3ccccc3)cc2=O)C1. The molecule has 0 saturated carbocycles. The summed E-state index contributed by atoms with van der Waals surface area (Å²) in [5.41, 5.74) is 1.40. The lowest BCUT2D eigenvalue weighted by molar-refractivity contribution is -0.144. The molecule has 0 spiro atoms. The van der Waals surface area contributed by atoms with Gasteiger partial charge in [0.15, 0.2) is 0 Å². The van der Waals surface area contributed by atoms with Gasteiger partial charge in [-0.3, -0.25) is 14.2 Å². The molecule has 0 bridgehead atoms. The number of hydrogen-bond donors (Lipinski definition) is 0. The van der Waals surface area contributed by atoms with Crippen molar-refractivity contribution in [2.75, 3.05) is 26.8 Å². The average Bonchev–Trinajstić information content (AvgIpc) is 2.60. The van der Waals surface area contributed by atoms with Crippen LogP contribution in [0.25, 0.3) is 11.3 Å². The van der Waals surface area contributed by atoms with Crippen LogP contribution in [0.2, 0.25) is 0 Å². The molecule has 2 aromatic rings. The summed E-state index contributed by atoms with van der Waals surface area (Å²) in [6.45, 7) is 4.29. The number of likely N-dealkylation sites (tertiary alicyclic amines) is 1. The highest BCUT2D eigenvalue weighted by atomic mass is 16.5. The Labute approximate surface area is 147 Å². The average molecular weight is 341 g/mol. The second-order valence-corrected chi connectivity index (χ2v) is 6.91. The number of amides is 1. The molecule has 1 fully saturated rings. The first-order chi connectivity index (χ1) is 12.0. The second-order valence-electron chi connectivity index (χ2n) is 6.91. The van der Waals surface area contributed by atoms with Crippen LogP contribution in [0.3, 0.4) is 0 Å². The Morgan fingerprint density at radius 1 is 1.28 bits per heavy atom. The number of hydrogen-bond acceptors (Lipinski definition) is 4. The van der Waals surface area contributed by atoms with E-state index in [1.165, 1.54) is 17.0 Å². The maximum absolute atomic E-state index is 12.4. The van der Waals surface area contributed by atoms with Crippen molar-refractivity contribution in [2.24, 2.45) is 5.41 Å². The van der Waals surface area contributed by atoms with Crippen LogP contribution in [0.5, 0.6) is 0 Å². The summed E-state index contributed by atoms with van der Waals surface area (Å²) in [5, 5.41) is 0. The minimum atomic E-state index is -0.218. The minimum absolute atomic E-state index is 0.0290. The number of aromatic nitrogens is 2. The second kappa shape index (κ2) is 7.19. The van der Waals surface area contributed by atoms with E-state index in [9.17, 15) is 9.59 Å². The summed E-state index contributed by atoms with van der Waals surface area (Å²) < 4.78 is 6.47. The topological polar surface area (TPSA) is 64.4 Å². The molecule has 0 N–H and O–H groups in total. The van der Waals surface area contributed by atoms with Crippen molar-refractivity contribution in [3.05, 3.63) is 53.1 Å². The van der Waals surface area contributed by atoms with Gasteiger partial charge in [-0.15, -0.1) is 0 Å². The van der Waals surface area contributed by atoms with Gasteiger partial charge in [-0.1, -0.05) is 37.3 Å². The Bertz CT molecular complexity index is 795. The van der Waals surface area contributed by atoms with Crippen molar-refractivity contribution >= 4 is 5.91 Å². The molecule has 0 aliphatic carbocycles. The summed E-state index contributed by atoms with van der Waals surface area (Å²) in [6, 6.07) is 11.0. The van der Waals surface area contributed by atoms with E-state index >= 15 is 0 Å². The number of rotatable bonds is 6. The van der Waals surface area contributed by atoms with Gasteiger partial charge in [-0.05, 0) is 6.42 Å². The third-order valence-electron chi connectivity index (χ3n) is 4.66. The third-order valence-corrected chi connectivity index (χ3v) is 4.66. The van der Waals surface area contributed by atoms with Crippen LogP contribution in [-0.4, -0.2) is 47.2 Å². The van der Waals surface area contributed by atoms with E-state index in [1.807, 2.05) is 30.3 Å². The van der Waals surface area contributed by atoms with Gasteiger partial charge in [0, 0.05) is 43.9 Å². The molecule has 0 unspecified atom stereocenters. The van der Waals surface area contributed by atoms with E-state index in [-0.39, 0.29) is 23.4 Å². The Kier molecular flexibility index (Phi) is 4.99. The van der Waals surface area contributed by atoms with E-state index < -0.39 is 0 Å². The summed E-state index contributed by atoms with van der Waals surface area (Å²) in [4.78, 5) is 30.7. The number of carbonyl (C=O) groups is 1. The fraction of sp³-hybridized carbons (Fsp3) is 0.421. The first-order valence-corrected chi connectivity index (χ1v) is 8.39. The van der Waals surface area contributed by atoms with Crippen LogP contribution in [0.1, 0.15) is 13.3 Å². The van der Waals surface area contributed by atoms with E-state index in [4.69, 9.17) is 4.74 Å². The normalized spacial score (nSPS) is 15.7. The number of benzene rings is 1. The van der Waals surface area contributed by atoms with E-state index in [2.05, 4.69) is 11.9 Å². The largest absolute Gasteiger partial charge is 0.385 e. The molecule has 2 heterocycles. The molecule has 6 heteroatoms. The van der Waals surface area contributed by atoms with Crippen molar-refractivity contribution < 1.29 is 9.53 Å². The van der Waals surface area contributed by atoms with Crippen LogP contribution in [0.4, 0.5) is 0 Å². The van der Waals surface area contributed by atoms with Crippen molar-refractivity contribution in [3.63, 3.8) is 0 Å². The summed E-state index contributed by atoms with van der Waals surface area (Å²) in [6.07, 6.45) is 2.38. The fourth-order valence-electron chi connectivity index (χ4n) is 3.12. The number of ether oxygens (including phenoxy) is 1. The van der Waals surface area contributed by atoms with Crippen molar-refractivity contribution in [1.82, 2.24) is 14.5 Å². The molecule has 1 amide bonds. The zero-order valence-corrected chi connectivity index (χ0v) is 14.6. The Morgan fingerprint density at radius 2 is 2.00 bits per heavy atom. The lowest BCUT2D eigenvalue weighted by Gasteiger charge is -2.48. The maximum Gasteiger partial charge on any atom is 0.254 e. The summed E-state index contributed by atoms with van der Waals surface area (Å²) in [5.74, 6) is -0.0498. The molecule has 6 nitrogen and oxygen atoms in total. The van der Waals surface area contributed by atoms with Crippen LogP contribution in [0.15, 0.2) is 47.5 Å². The van der Waals surface area contributed by atoms with Gasteiger partial charge in [-0.2, -0.15) is 0 Å². The molecule has 0 atom stereocenters. The molecule has 1 aromatic carbocycles. The molecular formula is C19H23N3O3. The molecule has 1 aliphatic rings. The predicted molar refractivity (Wildman–Crippen MR) is 95.1 cm³/mol. The van der Waals surface area contributed by atoms with Crippen molar-refractivity contribution in [3.8, 4) is 11.3 Å². The molecule has 0 radical (unpaired) electrons. The monoisotopic (exact) mass is 341 g/mol. The Hall–Kier alpha value is -2.47. The zero-order valence-electron chi connectivity index (χ0n) is 14.6. The highest BCUT2D eigenvalue weighted by molar-refractivity contribution is 5.77. The lowest BCUT2D eigenvalue weighted by atomic mass is 9.79. The fourth-order valence-corrected chi connectivity index (χ4v) is 3.12. The molecule has 132 valence electrons. The van der Waals surface area contributed by atoms with E-state index in [0.29, 0.717) is 25.4 Å². The van der Waals surface area contributed by atoms with E-state index in [0.717, 1.165) is 12.0 Å². The molecule has 1 saturated heterocycles. The van der Waals surface area contributed by atoms with Gasteiger partial charge in [-0.25, -0.2) is 4.98 Å². The van der Waals surface area contributed by atoms with Crippen molar-refractivity contribution in [1.29, 1.82) is 0 Å². The van der Waals surface area contributed by atoms with Gasteiger partial charge in [0.1, 0.15) is 6.54 Å². The van der Waals surface area contributed by atoms with Gasteiger partial charge in [0.05, 0.1) is 12.0 Å². The third kappa shape index (κ3) is 3.96. The zero-order chi connectivity index (χ0) is 17.9. The van der Waals surface area contributed by atoms with Gasteiger partial charge < -0.3 is 9.64 Å². The first-order valence-electron chi connectivity index (χ1n) is 8.39. The Morgan fingerprint density at radius 3 is 2.64 bits per heavy atom. The van der Waals surface area contributed by atoms with Gasteiger partial charge in [0.25, 0.3) is 5.56 Å². The minimum Gasteiger partial charge on any atom is -0.385 e. The molecule has 25 heavy (non-hydrogen) atoms. The quantitative estimate of drug-likeness (QED) is 0.804. The Balaban J connectivity index is 1.62. The summed E-state index contributed by atoms with van der Waals surface area (Å²) in [7, 11) is 1.68. The number of nitrogens with zero attached hydrogens (tertiary/aromatic N) is 3.